The zero-order chi connectivity index (χ0) is 25.4. The lowest BCUT2D eigenvalue weighted by molar-refractivity contribution is -0.224. The fraction of sp³-hybridized carbons (Fsp3) is 0.200. The van der Waals surface area contributed by atoms with Gasteiger partial charge in [-0.25, -0.2) is 9.59 Å². The van der Waals surface area contributed by atoms with Crippen LogP contribution >= 0.6 is 0 Å². The molecule has 0 unspecified atom stereocenters. The molecule has 1 heterocycles. The second-order valence-electron chi connectivity index (χ2n) is 8.12. The lowest BCUT2D eigenvalue weighted by Crippen LogP contribution is -2.46. The van der Waals surface area contributed by atoms with Gasteiger partial charge in [0.15, 0.2) is 0 Å². The largest absolute Gasteiger partial charge is 0.464 e. The molecule has 184 valence electrons. The molecule has 0 aliphatic carbocycles. The number of methoxy groups -OCH3 is 1. The van der Waals surface area contributed by atoms with Crippen molar-refractivity contribution in [2.45, 2.75) is 18.8 Å². The van der Waals surface area contributed by atoms with E-state index in [0.717, 1.165) is 5.56 Å². The average Bonchev–Trinajstić information content (AvgIpc) is 3.11. The van der Waals surface area contributed by atoms with Crippen molar-refractivity contribution in [3.05, 3.63) is 126 Å². The third kappa shape index (κ3) is 5.24. The number of hydrogen-bond acceptors (Lipinski definition) is 6. The zero-order valence-electron chi connectivity index (χ0n) is 20.2. The summed E-state index contributed by atoms with van der Waals surface area (Å²) < 4.78 is 23.2. The molecule has 3 aromatic carbocycles. The number of carbonyl (C=O) groups excluding carboxylic acids is 2. The second kappa shape index (κ2) is 11.5. The van der Waals surface area contributed by atoms with Gasteiger partial charge < -0.3 is 18.9 Å². The van der Waals surface area contributed by atoms with E-state index in [1.165, 1.54) is 7.11 Å². The number of ether oxygens (including phenoxy) is 4. The summed E-state index contributed by atoms with van der Waals surface area (Å²) in [4.78, 5) is 26.6. The first kappa shape index (κ1) is 24.9. The lowest BCUT2D eigenvalue weighted by atomic mass is 9.79. The molecule has 0 spiro atoms. The monoisotopic (exact) mass is 484 g/mol. The molecule has 0 bridgehead atoms. The molecule has 0 N–H and O–H groups in total. The molecule has 0 fully saturated rings. The van der Waals surface area contributed by atoms with E-state index in [0.29, 0.717) is 11.1 Å². The SMILES string of the molecule is CCOC(=O)[C@]1(c2ccccc2)O[C@@H](c2ccccc2)OC(C(=O)OC)=C[C@H]1/C=C/c1ccccc1. The molecule has 0 radical (unpaired) electrons. The molecular formula is C30H28O6. The number of esters is 2. The van der Waals surface area contributed by atoms with Crippen molar-refractivity contribution in [1.82, 2.24) is 0 Å². The molecule has 0 saturated carbocycles. The Morgan fingerprint density at radius 3 is 2.14 bits per heavy atom. The highest BCUT2D eigenvalue weighted by atomic mass is 16.7. The maximum atomic E-state index is 13.8. The van der Waals surface area contributed by atoms with Crippen molar-refractivity contribution in [2.24, 2.45) is 5.92 Å². The van der Waals surface area contributed by atoms with Crippen LogP contribution in [-0.4, -0.2) is 25.7 Å². The fourth-order valence-electron chi connectivity index (χ4n) is 4.13. The van der Waals surface area contributed by atoms with Crippen LogP contribution in [0.15, 0.2) is 109 Å². The third-order valence-electron chi connectivity index (χ3n) is 5.86. The van der Waals surface area contributed by atoms with Crippen LogP contribution in [0.3, 0.4) is 0 Å². The highest BCUT2D eigenvalue weighted by Crippen LogP contribution is 2.45. The second-order valence-corrected chi connectivity index (χ2v) is 8.12. The standard InChI is InChI=1S/C30H28O6/c1-3-34-29(32)30(24-17-11-6-12-18-24)25(20-19-22-13-7-4-8-14-22)21-26(27(31)33-2)35-28(36-30)23-15-9-5-10-16-23/h4-21,25,28H,3H2,1-2H3/b20-19+/t25-,28+,30-/m1/s1. The van der Waals surface area contributed by atoms with E-state index < -0.39 is 29.7 Å². The Bertz CT molecular complexity index is 1220. The van der Waals surface area contributed by atoms with Gasteiger partial charge in [0.1, 0.15) is 0 Å². The van der Waals surface area contributed by atoms with Crippen LogP contribution in [0.5, 0.6) is 0 Å². The minimum atomic E-state index is -1.65. The van der Waals surface area contributed by atoms with Crippen molar-refractivity contribution in [2.75, 3.05) is 13.7 Å². The van der Waals surface area contributed by atoms with E-state index in [9.17, 15) is 9.59 Å². The Morgan fingerprint density at radius 2 is 1.53 bits per heavy atom. The molecule has 4 rings (SSSR count). The van der Waals surface area contributed by atoms with Crippen molar-refractivity contribution in [3.8, 4) is 0 Å². The van der Waals surface area contributed by atoms with E-state index in [1.807, 2.05) is 78.9 Å². The Labute approximate surface area is 210 Å². The van der Waals surface area contributed by atoms with Gasteiger partial charge in [0.25, 0.3) is 0 Å². The van der Waals surface area contributed by atoms with Gasteiger partial charge in [0, 0.05) is 11.5 Å². The van der Waals surface area contributed by atoms with Crippen LogP contribution in [0.4, 0.5) is 0 Å². The number of carbonyl (C=O) groups is 2. The zero-order valence-corrected chi connectivity index (χ0v) is 20.2. The Kier molecular flexibility index (Phi) is 7.98. The van der Waals surface area contributed by atoms with Gasteiger partial charge in [-0.2, -0.15) is 0 Å². The molecule has 1 aliphatic heterocycles. The van der Waals surface area contributed by atoms with Gasteiger partial charge in [-0.1, -0.05) is 103 Å². The van der Waals surface area contributed by atoms with Crippen LogP contribution in [0.25, 0.3) is 6.08 Å². The molecule has 0 aromatic heterocycles. The highest BCUT2D eigenvalue weighted by Gasteiger charge is 2.53. The predicted molar refractivity (Wildman–Crippen MR) is 135 cm³/mol. The molecule has 3 aromatic rings. The summed E-state index contributed by atoms with van der Waals surface area (Å²) >= 11 is 0. The summed E-state index contributed by atoms with van der Waals surface area (Å²) in [6.45, 7) is 1.89. The topological polar surface area (TPSA) is 71.1 Å². The van der Waals surface area contributed by atoms with Crippen LogP contribution in [-0.2, 0) is 34.1 Å². The highest BCUT2D eigenvalue weighted by molar-refractivity contribution is 5.88. The first-order valence-corrected chi connectivity index (χ1v) is 11.7. The smallest absolute Gasteiger partial charge is 0.373 e. The van der Waals surface area contributed by atoms with Crippen molar-refractivity contribution in [1.29, 1.82) is 0 Å². The molecular weight excluding hydrogens is 456 g/mol. The lowest BCUT2D eigenvalue weighted by Gasteiger charge is -2.36. The van der Waals surface area contributed by atoms with Crippen molar-refractivity contribution >= 4 is 18.0 Å². The molecule has 3 atom stereocenters. The maximum Gasteiger partial charge on any atom is 0.373 e. The first-order valence-electron chi connectivity index (χ1n) is 11.7. The summed E-state index contributed by atoms with van der Waals surface area (Å²) in [5.41, 5.74) is 0.461. The summed E-state index contributed by atoms with van der Waals surface area (Å²) in [6.07, 6.45) is 4.17. The van der Waals surface area contributed by atoms with Gasteiger partial charge >= 0.3 is 11.9 Å². The van der Waals surface area contributed by atoms with E-state index in [4.69, 9.17) is 18.9 Å². The van der Waals surface area contributed by atoms with Gasteiger partial charge in [0.05, 0.1) is 13.7 Å². The Balaban J connectivity index is 1.96. The number of hydrogen-bond donors (Lipinski definition) is 0. The van der Waals surface area contributed by atoms with Crippen molar-refractivity contribution in [3.63, 3.8) is 0 Å². The molecule has 6 heteroatoms. The Hall–Kier alpha value is -4.16. The number of benzene rings is 3. The van der Waals surface area contributed by atoms with Crippen LogP contribution in [0, 0.1) is 5.92 Å². The molecule has 6 nitrogen and oxygen atoms in total. The van der Waals surface area contributed by atoms with E-state index in [1.54, 1.807) is 37.3 Å². The average molecular weight is 485 g/mol. The quantitative estimate of drug-likeness (QED) is 0.408. The number of rotatable bonds is 7. The van der Waals surface area contributed by atoms with Crippen molar-refractivity contribution < 1.29 is 28.5 Å². The van der Waals surface area contributed by atoms with E-state index >= 15 is 0 Å². The van der Waals surface area contributed by atoms with E-state index in [-0.39, 0.29) is 12.4 Å². The van der Waals surface area contributed by atoms with Gasteiger partial charge in [-0.3, -0.25) is 0 Å². The van der Waals surface area contributed by atoms with Gasteiger partial charge in [-0.15, -0.1) is 0 Å². The van der Waals surface area contributed by atoms with Crippen LogP contribution in [0.1, 0.15) is 29.9 Å². The molecule has 0 saturated heterocycles. The first-order chi connectivity index (χ1) is 17.6. The third-order valence-corrected chi connectivity index (χ3v) is 5.86. The molecule has 0 amide bonds. The Morgan fingerprint density at radius 1 is 0.917 bits per heavy atom. The summed E-state index contributed by atoms with van der Waals surface area (Å²) in [6, 6.07) is 27.9. The predicted octanol–water partition coefficient (Wildman–Crippen LogP) is 5.58. The minimum absolute atomic E-state index is 0.0591. The minimum Gasteiger partial charge on any atom is -0.464 e. The summed E-state index contributed by atoms with van der Waals surface area (Å²) in [5, 5.41) is 0. The van der Waals surface area contributed by atoms with Crippen LogP contribution < -0.4 is 0 Å². The normalized spacial score (nSPS) is 21.7. The summed E-state index contributed by atoms with van der Waals surface area (Å²) in [5.74, 6) is -2.10. The fourth-order valence-corrected chi connectivity index (χ4v) is 4.13. The van der Waals surface area contributed by atoms with Gasteiger partial charge in [-0.05, 0) is 24.1 Å². The van der Waals surface area contributed by atoms with E-state index in [2.05, 4.69) is 0 Å². The molecule has 1 aliphatic rings. The van der Waals surface area contributed by atoms with Gasteiger partial charge in [0.2, 0.25) is 17.7 Å². The maximum absolute atomic E-state index is 13.8. The van der Waals surface area contributed by atoms with Crippen LogP contribution in [0.2, 0.25) is 0 Å². The summed E-state index contributed by atoms with van der Waals surface area (Å²) in [7, 11) is 1.28. The molecule has 36 heavy (non-hydrogen) atoms.